The monoisotopic (exact) mass is 387 g/mol. The highest BCUT2D eigenvalue weighted by Gasteiger charge is 2.26. The van der Waals surface area contributed by atoms with E-state index >= 15 is 0 Å². The first-order chi connectivity index (χ1) is 12.6. The van der Waals surface area contributed by atoms with Crippen LogP contribution in [0.5, 0.6) is 0 Å². The zero-order chi connectivity index (χ0) is 17.8. The average Bonchev–Trinajstić information content (AvgIpc) is 3.34. The molecule has 0 saturated heterocycles. The number of aromatic nitrogens is 3. The van der Waals surface area contributed by atoms with Crippen molar-refractivity contribution in [3.8, 4) is 22.4 Å². The van der Waals surface area contributed by atoms with Gasteiger partial charge >= 0.3 is 0 Å². The minimum atomic E-state index is -0.774. The predicted molar refractivity (Wildman–Crippen MR) is 99.5 cm³/mol. The van der Waals surface area contributed by atoms with Gasteiger partial charge in [-0.05, 0) is 42.7 Å². The van der Waals surface area contributed by atoms with Crippen molar-refractivity contribution < 1.29 is 8.78 Å². The summed E-state index contributed by atoms with van der Waals surface area (Å²) >= 11 is 7.36. The van der Waals surface area contributed by atoms with Gasteiger partial charge in [-0.2, -0.15) is 5.10 Å². The third-order valence-electron chi connectivity index (χ3n) is 4.75. The molecule has 0 atom stereocenters. The topological polar surface area (TPSA) is 30.7 Å². The summed E-state index contributed by atoms with van der Waals surface area (Å²) in [6.07, 6.45) is 1.88. The smallest absolute Gasteiger partial charge is 0.154 e. The van der Waals surface area contributed by atoms with Gasteiger partial charge in [0.1, 0.15) is 16.5 Å². The average molecular weight is 388 g/mol. The lowest BCUT2D eigenvalue weighted by atomic mass is 9.97. The second-order valence-electron chi connectivity index (χ2n) is 6.25. The van der Waals surface area contributed by atoms with Gasteiger partial charge in [0.25, 0.3) is 0 Å². The molecule has 4 aromatic rings. The lowest BCUT2D eigenvalue weighted by molar-refractivity contribution is 0.585. The molecular weight excluding hydrogens is 376 g/mol. The molecular formula is C19H12ClF2N3S. The van der Waals surface area contributed by atoms with Crippen LogP contribution in [-0.2, 0) is 13.0 Å². The Bertz CT molecular complexity index is 1170. The Morgan fingerprint density at radius 2 is 2.04 bits per heavy atom. The van der Waals surface area contributed by atoms with E-state index in [0.29, 0.717) is 5.69 Å². The lowest BCUT2D eigenvalue weighted by Crippen LogP contribution is -1.95. The third kappa shape index (κ3) is 2.29. The van der Waals surface area contributed by atoms with E-state index in [0.717, 1.165) is 46.4 Å². The van der Waals surface area contributed by atoms with E-state index in [1.807, 2.05) is 16.8 Å². The number of fused-ring (bicyclic) bond motifs is 2. The van der Waals surface area contributed by atoms with Gasteiger partial charge in [-0.3, -0.25) is 4.68 Å². The molecule has 2 aromatic carbocycles. The van der Waals surface area contributed by atoms with Crippen LogP contribution in [0.15, 0.2) is 35.8 Å². The SMILES string of the molecule is Fc1ccc(-c2nn3c(c2-c2ccc4ncsc4c2)CCC3)c(F)c1Cl. The molecule has 0 spiro atoms. The molecule has 0 amide bonds. The van der Waals surface area contributed by atoms with Gasteiger partial charge in [0.05, 0.1) is 15.7 Å². The highest BCUT2D eigenvalue weighted by molar-refractivity contribution is 7.16. The zero-order valence-electron chi connectivity index (χ0n) is 13.5. The Morgan fingerprint density at radius 1 is 1.15 bits per heavy atom. The molecule has 3 nitrogen and oxygen atoms in total. The van der Waals surface area contributed by atoms with E-state index in [4.69, 9.17) is 11.6 Å². The van der Waals surface area contributed by atoms with E-state index in [-0.39, 0.29) is 5.56 Å². The van der Waals surface area contributed by atoms with E-state index in [9.17, 15) is 8.78 Å². The summed E-state index contributed by atoms with van der Waals surface area (Å²) in [6, 6.07) is 8.57. The Labute approximate surface area is 156 Å². The van der Waals surface area contributed by atoms with Crippen LogP contribution in [0.3, 0.4) is 0 Å². The summed E-state index contributed by atoms with van der Waals surface area (Å²) in [5.41, 5.74) is 6.38. The van der Waals surface area contributed by atoms with Gasteiger partial charge in [0.15, 0.2) is 5.82 Å². The molecule has 0 radical (unpaired) electrons. The number of aryl methyl sites for hydroxylation is 1. The minimum Gasteiger partial charge on any atom is -0.268 e. The fraction of sp³-hybridized carbons (Fsp3) is 0.158. The summed E-state index contributed by atoms with van der Waals surface area (Å²) in [5.74, 6) is -1.55. The summed E-state index contributed by atoms with van der Waals surface area (Å²) < 4.78 is 31.3. The Kier molecular flexibility index (Phi) is 3.58. The number of hydrogen-bond acceptors (Lipinski definition) is 3. The van der Waals surface area contributed by atoms with Crippen molar-refractivity contribution in [1.82, 2.24) is 14.8 Å². The standard InChI is InChI=1S/C19H12ClF2N3S/c20-17-12(21)5-4-11(18(17)22)19-16(14-2-1-7-25(14)24-19)10-3-6-13-15(8-10)26-9-23-13/h3-6,8-9H,1-2,7H2. The maximum Gasteiger partial charge on any atom is 0.154 e. The maximum atomic E-state index is 14.7. The summed E-state index contributed by atoms with van der Waals surface area (Å²) in [4.78, 5) is 4.31. The molecule has 26 heavy (non-hydrogen) atoms. The molecule has 1 aliphatic rings. The molecule has 7 heteroatoms. The quantitative estimate of drug-likeness (QED) is 0.413. The fourth-order valence-electron chi connectivity index (χ4n) is 3.54. The number of hydrogen-bond donors (Lipinski definition) is 0. The van der Waals surface area contributed by atoms with E-state index in [1.165, 1.54) is 12.1 Å². The number of rotatable bonds is 2. The van der Waals surface area contributed by atoms with Crippen molar-refractivity contribution in [1.29, 1.82) is 0 Å². The minimum absolute atomic E-state index is 0.220. The van der Waals surface area contributed by atoms with Crippen LogP contribution in [-0.4, -0.2) is 14.8 Å². The van der Waals surface area contributed by atoms with Crippen LogP contribution in [0.4, 0.5) is 8.78 Å². The van der Waals surface area contributed by atoms with Gasteiger partial charge in [0, 0.05) is 23.4 Å². The van der Waals surface area contributed by atoms with E-state index in [2.05, 4.69) is 16.1 Å². The first-order valence-electron chi connectivity index (χ1n) is 8.20. The molecule has 2 aromatic heterocycles. The lowest BCUT2D eigenvalue weighted by Gasteiger charge is -2.08. The second kappa shape index (κ2) is 5.86. The molecule has 0 bridgehead atoms. The van der Waals surface area contributed by atoms with Gasteiger partial charge < -0.3 is 0 Å². The van der Waals surface area contributed by atoms with Crippen LogP contribution in [0.1, 0.15) is 12.1 Å². The van der Waals surface area contributed by atoms with Crippen molar-refractivity contribution in [2.75, 3.05) is 0 Å². The Hall–Kier alpha value is -2.31. The van der Waals surface area contributed by atoms with Crippen LogP contribution in [0.2, 0.25) is 5.02 Å². The normalized spacial score (nSPS) is 13.5. The zero-order valence-corrected chi connectivity index (χ0v) is 15.0. The fourth-order valence-corrected chi connectivity index (χ4v) is 4.42. The van der Waals surface area contributed by atoms with Crippen molar-refractivity contribution in [3.63, 3.8) is 0 Å². The number of nitrogens with zero attached hydrogens (tertiary/aromatic N) is 3. The van der Waals surface area contributed by atoms with Crippen LogP contribution < -0.4 is 0 Å². The van der Waals surface area contributed by atoms with E-state index in [1.54, 1.807) is 16.8 Å². The Morgan fingerprint density at radius 3 is 2.92 bits per heavy atom. The molecule has 1 aliphatic heterocycles. The van der Waals surface area contributed by atoms with Gasteiger partial charge in [-0.25, -0.2) is 13.8 Å². The largest absolute Gasteiger partial charge is 0.268 e. The summed E-state index contributed by atoms with van der Waals surface area (Å²) in [6.45, 7) is 0.793. The third-order valence-corrected chi connectivity index (χ3v) is 5.89. The Balaban J connectivity index is 1.79. The number of thiazole rings is 1. The molecule has 0 N–H and O–H groups in total. The molecule has 0 saturated carbocycles. The highest BCUT2D eigenvalue weighted by atomic mass is 35.5. The van der Waals surface area contributed by atoms with Crippen molar-refractivity contribution in [2.45, 2.75) is 19.4 Å². The first-order valence-corrected chi connectivity index (χ1v) is 9.46. The van der Waals surface area contributed by atoms with Gasteiger partial charge in [-0.15, -0.1) is 11.3 Å². The molecule has 5 rings (SSSR count). The van der Waals surface area contributed by atoms with Crippen LogP contribution in [0, 0.1) is 11.6 Å². The first kappa shape index (κ1) is 15.9. The summed E-state index contributed by atoms with van der Waals surface area (Å²) in [7, 11) is 0. The molecule has 130 valence electrons. The van der Waals surface area contributed by atoms with Crippen LogP contribution >= 0.6 is 22.9 Å². The molecule has 0 fully saturated rings. The van der Waals surface area contributed by atoms with E-state index < -0.39 is 16.7 Å². The van der Waals surface area contributed by atoms with Crippen LogP contribution in [0.25, 0.3) is 32.6 Å². The molecule has 0 unspecified atom stereocenters. The van der Waals surface area contributed by atoms with Crippen molar-refractivity contribution in [3.05, 3.63) is 58.2 Å². The molecule has 3 heterocycles. The predicted octanol–water partition coefficient (Wildman–Crippen LogP) is 5.70. The summed E-state index contributed by atoms with van der Waals surface area (Å²) in [5, 5.41) is 4.12. The number of benzene rings is 2. The second-order valence-corrected chi connectivity index (χ2v) is 7.52. The van der Waals surface area contributed by atoms with Gasteiger partial charge in [0.2, 0.25) is 0 Å². The maximum absolute atomic E-state index is 14.7. The van der Waals surface area contributed by atoms with Gasteiger partial charge in [-0.1, -0.05) is 17.7 Å². The van der Waals surface area contributed by atoms with Crippen molar-refractivity contribution in [2.24, 2.45) is 0 Å². The van der Waals surface area contributed by atoms with Crippen molar-refractivity contribution >= 4 is 33.2 Å². The number of halogens is 3. The molecule has 0 aliphatic carbocycles. The highest BCUT2D eigenvalue weighted by Crippen LogP contribution is 2.40.